The number of aryl methyl sites for hydroxylation is 2. The lowest BCUT2D eigenvalue weighted by Crippen LogP contribution is -2.46. The molecular weight excluding hydrogens is 252 g/mol. The zero-order chi connectivity index (χ0) is 14.0. The summed E-state index contributed by atoms with van der Waals surface area (Å²) >= 11 is 0. The van der Waals surface area contributed by atoms with Gasteiger partial charge in [-0.25, -0.2) is 18.1 Å². The molecule has 1 rings (SSSR count). The molecule has 0 spiro atoms. The van der Waals surface area contributed by atoms with E-state index >= 15 is 0 Å². The van der Waals surface area contributed by atoms with Crippen LogP contribution in [0.15, 0.2) is 11.2 Å². The molecule has 7 heteroatoms. The Kier molecular flexibility index (Phi) is 4.52. The van der Waals surface area contributed by atoms with E-state index in [9.17, 15) is 8.42 Å². The van der Waals surface area contributed by atoms with Crippen LogP contribution in [0.3, 0.4) is 0 Å². The van der Waals surface area contributed by atoms with Crippen molar-refractivity contribution in [2.24, 2.45) is 12.8 Å². The second kappa shape index (κ2) is 5.38. The molecule has 0 bridgehead atoms. The molecule has 0 saturated carbocycles. The van der Waals surface area contributed by atoms with Crippen LogP contribution in [0.1, 0.15) is 32.5 Å². The van der Waals surface area contributed by atoms with Crippen LogP contribution in [-0.4, -0.2) is 30.1 Å². The molecular formula is C11H22N4O2S. The summed E-state index contributed by atoms with van der Waals surface area (Å²) < 4.78 is 28.8. The average molecular weight is 274 g/mol. The van der Waals surface area contributed by atoms with Crippen LogP contribution < -0.4 is 10.5 Å². The first-order valence-electron chi connectivity index (χ1n) is 5.98. The number of sulfonamides is 1. The Labute approximate surface area is 109 Å². The largest absolute Gasteiger partial charge is 0.337 e. The van der Waals surface area contributed by atoms with Crippen molar-refractivity contribution in [1.29, 1.82) is 0 Å². The predicted octanol–water partition coefficient (Wildman–Crippen LogP) is 0.524. The van der Waals surface area contributed by atoms with Gasteiger partial charge in [-0.2, -0.15) is 0 Å². The molecule has 1 heterocycles. The smallest absolute Gasteiger partial charge is 0.260 e. The number of nitrogens with two attached hydrogens (primary N) is 1. The van der Waals surface area contributed by atoms with Gasteiger partial charge in [0.05, 0.1) is 0 Å². The van der Waals surface area contributed by atoms with Gasteiger partial charge in [-0.15, -0.1) is 0 Å². The molecule has 1 unspecified atom stereocenters. The number of aromatic nitrogens is 2. The second-order valence-electron chi connectivity index (χ2n) is 4.80. The average Bonchev–Trinajstić information content (AvgIpc) is 2.60. The minimum atomic E-state index is -3.59. The van der Waals surface area contributed by atoms with E-state index in [1.165, 1.54) is 6.20 Å². The Morgan fingerprint density at radius 2 is 2.17 bits per heavy atom. The molecule has 0 radical (unpaired) electrons. The van der Waals surface area contributed by atoms with Crippen molar-refractivity contribution < 1.29 is 8.42 Å². The minimum Gasteiger partial charge on any atom is -0.337 e. The van der Waals surface area contributed by atoms with Gasteiger partial charge in [0, 0.05) is 18.8 Å². The van der Waals surface area contributed by atoms with E-state index in [1.54, 1.807) is 18.5 Å². The molecule has 6 nitrogen and oxygen atoms in total. The molecule has 104 valence electrons. The molecule has 1 aromatic rings. The summed E-state index contributed by atoms with van der Waals surface area (Å²) in [6, 6.07) is 0. The van der Waals surface area contributed by atoms with Gasteiger partial charge in [0.25, 0.3) is 10.0 Å². The first-order chi connectivity index (χ1) is 8.24. The maximum atomic E-state index is 12.2. The van der Waals surface area contributed by atoms with Crippen LogP contribution in [0.5, 0.6) is 0 Å². The van der Waals surface area contributed by atoms with Gasteiger partial charge in [0.1, 0.15) is 5.82 Å². The van der Waals surface area contributed by atoms with E-state index in [0.29, 0.717) is 25.2 Å². The molecule has 0 fully saturated rings. The summed E-state index contributed by atoms with van der Waals surface area (Å²) in [6.45, 7) is 5.99. The van der Waals surface area contributed by atoms with E-state index in [1.807, 2.05) is 13.8 Å². The zero-order valence-corrected chi connectivity index (χ0v) is 12.2. The summed E-state index contributed by atoms with van der Waals surface area (Å²) in [4.78, 5) is 4.04. The lowest BCUT2D eigenvalue weighted by molar-refractivity contribution is 0.378. The van der Waals surface area contributed by atoms with Crippen molar-refractivity contribution in [3.63, 3.8) is 0 Å². The van der Waals surface area contributed by atoms with Crippen LogP contribution >= 0.6 is 0 Å². The van der Waals surface area contributed by atoms with Gasteiger partial charge in [-0.05, 0) is 33.2 Å². The number of imidazole rings is 1. The molecule has 0 aliphatic carbocycles. The first-order valence-corrected chi connectivity index (χ1v) is 7.46. The van der Waals surface area contributed by atoms with E-state index < -0.39 is 15.6 Å². The maximum absolute atomic E-state index is 12.2. The van der Waals surface area contributed by atoms with E-state index in [2.05, 4.69) is 9.71 Å². The topological polar surface area (TPSA) is 90.0 Å². The molecule has 3 N–H and O–H groups in total. The summed E-state index contributed by atoms with van der Waals surface area (Å²) in [6.07, 6.45) is 2.78. The van der Waals surface area contributed by atoms with Gasteiger partial charge in [-0.1, -0.05) is 6.92 Å². The summed E-state index contributed by atoms with van der Waals surface area (Å²) in [5.74, 6) is 0.660. The standard InChI is InChI=1S/C11H22N4O2S/c1-5-11(3,6-7-12)14-18(16,17)10-8-15(4)9(2)13-10/h8,14H,5-7,12H2,1-4H3. The van der Waals surface area contributed by atoms with E-state index in [4.69, 9.17) is 5.73 Å². The van der Waals surface area contributed by atoms with Crippen LogP contribution in [-0.2, 0) is 17.1 Å². The monoisotopic (exact) mass is 274 g/mol. The van der Waals surface area contributed by atoms with Crippen molar-refractivity contribution >= 4 is 10.0 Å². The normalized spacial score (nSPS) is 15.6. The molecule has 0 amide bonds. The number of nitrogens with zero attached hydrogens (tertiary/aromatic N) is 2. The third-order valence-electron chi connectivity index (χ3n) is 3.22. The van der Waals surface area contributed by atoms with Crippen molar-refractivity contribution in [3.05, 3.63) is 12.0 Å². The van der Waals surface area contributed by atoms with Crippen molar-refractivity contribution in [2.75, 3.05) is 6.54 Å². The summed E-state index contributed by atoms with van der Waals surface area (Å²) in [7, 11) is -1.83. The van der Waals surface area contributed by atoms with E-state index in [-0.39, 0.29) is 5.03 Å². The van der Waals surface area contributed by atoms with Crippen molar-refractivity contribution in [2.45, 2.75) is 44.2 Å². The van der Waals surface area contributed by atoms with Gasteiger partial charge < -0.3 is 10.3 Å². The predicted molar refractivity (Wildman–Crippen MR) is 70.6 cm³/mol. The highest BCUT2D eigenvalue weighted by Crippen LogP contribution is 2.18. The van der Waals surface area contributed by atoms with E-state index in [0.717, 1.165) is 0 Å². The van der Waals surface area contributed by atoms with Gasteiger partial charge in [0.2, 0.25) is 0 Å². The number of nitrogens with one attached hydrogen (secondary N) is 1. The summed E-state index contributed by atoms with van der Waals surface area (Å²) in [5, 5.41) is 0.0548. The SMILES string of the molecule is CCC(C)(CCN)NS(=O)(=O)c1cn(C)c(C)n1. The zero-order valence-electron chi connectivity index (χ0n) is 11.4. The third kappa shape index (κ3) is 3.30. The first kappa shape index (κ1) is 15.1. The van der Waals surface area contributed by atoms with Crippen LogP contribution in [0, 0.1) is 6.92 Å². The Morgan fingerprint density at radius 3 is 2.56 bits per heavy atom. The fourth-order valence-electron chi connectivity index (χ4n) is 1.65. The van der Waals surface area contributed by atoms with Crippen LogP contribution in [0.4, 0.5) is 0 Å². The fraction of sp³-hybridized carbons (Fsp3) is 0.727. The molecule has 1 atom stereocenters. The maximum Gasteiger partial charge on any atom is 0.260 e. The van der Waals surface area contributed by atoms with Crippen molar-refractivity contribution in [1.82, 2.24) is 14.3 Å². The highest BCUT2D eigenvalue weighted by atomic mass is 32.2. The number of hydrogen-bond donors (Lipinski definition) is 2. The fourth-order valence-corrected chi connectivity index (χ4v) is 3.20. The van der Waals surface area contributed by atoms with Crippen LogP contribution in [0.2, 0.25) is 0 Å². The van der Waals surface area contributed by atoms with Crippen LogP contribution in [0.25, 0.3) is 0 Å². The molecule has 18 heavy (non-hydrogen) atoms. The number of hydrogen-bond acceptors (Lipinski definition) is 4. The molecule has 0 aliphatic rings. The molecule has 0 aliphatic heterocycles. The van der Waals surface area contributed by atoms with Gasteiger partial charge >= 0.3 is 0 Å². The Balaban J connectivity index is 3.01. The Morgan fingerprint density at radius 1 is 1.56 bits per heavy atom. The molecule has 0 saturated heterocycles. The number of rotatable bonds is 6. The highest BCUT2D eigenvalue weighted by molar-refractivity contribution is 7.89. The Bertz CT molecular complexity index is 490. The van der Waals surface area contributed by atoms with Gasteiger partial charge in [-0.3, -0.25) is 0 Å². The van der Waals surface area contributed by atoms with Crippen molar-refractivity contribution in [3.8, 4) is 0 Å². The Hall–Kier alpha value is -0.920. The lowest BCUT2D eigenvalue weighted by atomic mass is 9.96. The molecule has 0 aromatic carbocycles. The molecule has 1 aromatic heterocycles. The minimum absolute atomic E-state index is 0.0548. The van der Waals surface area contributed by atoms with Gasteiger partial charge in [0.15, 0.2) is 5.03 Å². The second-order valence-corrected chi connectivity index (χ2v) is 6.42. The summed E-state index contributed by atoms with van der Waals surface area (Å²) in [5.41, 5.74) is 4.99. The quantitative estimate of drug-likeness (QED) is 0.791. The highest BCUT2D eigenvalue weighted by Gasteiger charge is 2.29. The lowest BCUT2D eigenvalue weighted by Gasteiger charge is -2.28. The third-order valence-corrected chi connectivity index (χ3v) is 4.73.